The fourth-order valence-electron chi connectivity index (χ4n) is 1.78. The number of hydrogen-bond acceptors (Lipinski definition) is 6. The Balaban J connectivity index is 1.73. The van der Waals surface area contributed by atoms with Crippen LogP contribution < -0.4 is 20.1 Å². The lowest BCUT2D eigenvalue weighted by Crippen LogP contribution is -2.19. The Morgan fingerprint density at radius 3 is 2.25 bits per heavy atom. The first-order chi connectivity index (χ1) is 11.6. The van der Waals surface area contributed by atoms with Gasteiger partial charge in [-0.3, -0.25) is 4.79 Å². The fraction of sp³-hybridized carbons (Fsp3) is 0.353. The second kappa shape index (κ2) is 8.71. The van der Waals surface area contributed by atoms with Gasteiger partial charge >= 0.3 is 0 Å². The van der Waals surface area contributed by atoms with E-state index < -0.39 is 0 Å². The number of amides is 1. The van der Waals surface area contributed by atoms with E-state index in [1.54, 1.807) is 19.2 Å². The van der Waals surface area contributed by atoms with Crippen LogP contribution in [-0.2, 0) is 4.79 Å². The molecule has 7 nitrogen and oxygen atoms in total. The lowest BCUT2D eigenvalue weighted by molar-refractivity contribution is -0.118. The molecule has 2 N–H and O–H groups in total. The molecule has 0 atom stereocenters. The predicted octanol–water partition coefficient (Wildman–Crippen LogP) is 2.57. The zero-order valence-corrected chi connectivity index (χ0v) is 14.1. The lowest BCUT2D eigenvalue weighted by atomic mass is 10.2. The molecule has 0 aliphatic heterocycles. The monoisotopic (exact) mass is 330 g/mol. The standard InChI is InChI=1S/C17H22N4O3/c1-12(2)17(22)19-16-9-8-15(20-21-16)18-10-11-24-14-6-4-13(23-3)5-7-14/h4-9,12H,10-11H2,1-3H3,(H,18,20)(H,19,21,22). The molecule has 1 heterocycles. The zero-order chi connectivity index (χ0) is 17.4. The van der Waals surface area contributed by atoms with E-state index in [4.69, 9.17) is 9.47 Å². The Morgan fingerprint density at radius 1 is 1.04 bits per heavy atom. The molecular weight excluding hydrogens is 308 g/mol. The molecule has 0 fully saturated rings. The zero-order valence-electron chi connectivity index (χ0n) is 14.1. The molecule has 0 aliphatic carbocycles. The molecule has 0 saturated heterocycles. The number of hydrogen-bond donors (Lipinski definition) is 2. The Morgan fingerprint density at radius 2 is 1.67 bits per heavy atom. The maximum atomic E-state index is 11.6. The number of rotatable bonds is 8. The summed E-state index contributed by atoms with van der Waals surface area (Å²) in [5.41, 5.74) is 0. The molecule has 1 amide bonds. The Hall–Kier alpha value is -2.83. The molecule has 0 bridgehead atoms. The number of carbonyl (C=O) groups is 1. The average molecular weight is 330 g/mol. The molecular formula is C17H22N4O3. The Bertz CT molecular complexity index is 642. The first-order valence-electron chi connectivity index (χ1n) is 7.74. The SMILES string of the molecule is COc1ccc(OCCNc2ccc(NC(=O)C(C)C)nn2)cc1. The molecule has 0 saturated carbocycles. The number of carbonyl (C=O) groups excluding carboxylic acids is 1. The van der Waals surface area contributed by atoms with Crippen LogP contribution in [0, 0.1) is 5.92 Å². The number of benzene rings is 1. The van der Waals surface area contributed by atoms with E-state index in [1.165, 1.54) is 0 Å². The summed E-state index contributed by atoms with van der Waals surface area (Å²) >= 11 is 0. The van der Waals surface area contributed by atoms with E-state index in [2.05, 4.69) is 20.8 Å². The second-order valence-electron chi connectivity index (χ2n) is 5.40. The average Bonchev–Trinajstić information content (AvgIpc) is 2.60. The second-order valence-corrected chi connectivity index (χ2v) is 5.40. The van der Waals surface area contributed by atoms with Crippen LogP contribution in [0.5, 0.6) is 11.5 Å². The van der Waals surface area contributed by atoms with Crippen LogP contribution in [0.25, 0.3) is 0 Å². The predicted molar refractivity (Wildman–Crippen MR) is 92.5 cm³/mol. The third kappa shape index (κ3) is 5.42. The van der Waals surface area contributed by atoms with Crippen molar-refractivity contribution in [3.63, 3.8) is 0 Å². The van der Waals surface area contributed by atoms with Gasteiger partial charge in [0.2, 0.25) is 5.91 Å². The van der Waals surface area contributed by atoms with Crippen molar-refractivity contribution >= 4 is 17.5 Å². The number of aromatic nitrogens is 2. The van der Waals surface area contributed by atoms with Crippen LogP contribution in [0.3, 0.4) is 0 Å². The topological polar surface area (TPSA) is 85.4 Å². The van der Waals surface area contributed by atoms with E-state index in [9.17, 15) is 4.79 Å². The van der Waals surface area contributed by atoms with E-state index in [1.807, 2.05) is 38.1 Å². The highest BCUT2D eigenvalue weighted by Crippen LogP contribution is 2.16. The van der Waals surface area contributed by atoms with Gasteiger partial charge in [0, 0.05) is 5.92 Å². The summed E-state index contributed by atoms with van der Waals surface area (Å²) in [7, 11) is 1.63. The first-order valence-corrected chi connectivity index (χ1v) is 7.74. The molecule has 1 aromatic carbocycles. The maximum Gasteiger partial charge on any atom is 0.228 e. The minimum atomic E-state index is -0.0975. The molecule has 0 aliphatic rings. The molecule has 2 aromatic rings. The fourth-order valence-corrected chi connectivity index (χ4v) is 1.78. The van der Waals surface area contributed by atoms with Crippen LogP contribution >= 0.6 is 0 Å². The molecule has 2 rings (SSSR count). The summed E-state index contributed by atoms with van der Waals surface area (Å²) in [4.78, 5) is 11.6. The largest absolute Gasteiger partial charge is 0.497 e. The molecule has 24 heavy (non-hydrogen) atoms. The van der Waals surface area contributed by atoms with Crippen LogP contribution in [0.15, 0.2) is 36.4 Å². The van der Waals surface area contributed by atoms with Crippen LogP contribution in [-0.4, -0.2) is 36.4 Å². The molecule has 0 spiro atoms. The summed E-state index contributed by atoms with van der Waals surface area (Å²) in [6, 6.07) is 10.9. The summed E-state index contributed by atoms with van der Waals surface area (Å²) in [6.45, 7) is 4.71. The summed E-state index contributed by atoms with van der Waals surface area (Å²) in [6.07, 6.45) is 0. The Labute approximate surface area is 141 Å². The van der Waals surface area contributed by atoms with Crippen molar-refractivity contribution in [1.82, 2.24) is 10.2 Å². The van der Waals surface area contributed by atoms with Crippen molar-refractivity contribution in [1.29, 1.82) is 0 Å². The molecule has 1 aromatic heterocycles. The highest BCUT2D eigenvalue weighted by molar-refractivity contribution is 5.91. The van der Waals surface area contributed by atoms with Gasteiger partial charge in [-0.1, -0.05) is 13.8 Å². The molecule has 7 heteroatoms. The minimum Gasteiger partial charge on any atom is -0.497 e. The van der Waals surface area contributed by atoms with E-state index >= 15 is 0 Å². The van der Waals surface area contributed by atoms with Crippen molar-refractivity contribution < 1.29 is 14.3 Å². The number of nitrogens with one attached hydrogen (secondary N) is 2. The van der Waals surface area contributed by atoms with Crippen LogP contribution in [0.1, 0.15) is 13.8 Å². The van der Waals surface area contributed by atoms with Crippen LogP contribution in [0.4, 0.5) is 11.6 Å². The Kier molecular flexibility index (Phi) is 6.36. The highest BCUT2D eigenvalue weighted by Gasteiger charge is 2.08. The molecule has 128 valence electrons. The summed E-state index contributed by atoms with van der Waals surface area (Å²) in [5, 5.41) is 13.8. The van der Waals surface area contributed by atoms with E-state index in [0.717, 1.165) is 11.5 Å². The van der Waals surface area contributed by atoms with Gasteiger partial charge in [0.15, 0.2) is 5.82 Å². The van der Waals surface area contributed by atoms with Gasteiger partial charge in [0.05, 0.1) is 13.7 Å². The van der Waals surface area contributed by atoms with Gasteiger partial charge in [0.25, 0.3) is 0 Å². The quantitative estimate of drug-likeness (QED) is 0.724. The van der Waals surface area contributed by atoms with Gasteiger partial charge in [-0.25, -0.2) is 0 Å². The van der Waals surface area contributed by atoms with Crippen molar-refractivity contribution in [2.45, 2.75) is 13.8 Å². The minimum absolute atomic E-state index is 0.0853. The van der Waals surface area contributed by atoms with Crippen molar-refractivity contribution in [2.24, 2.45) is 5.92 Å². The maximum absolute atomic E-state index is 11.6. The first kappa shape index (κ1) is 17.5. The van der Waals surface area contributed by atoms with Gasteiger partial charge in [0.1, 0.15) is 23.9 Å². The number of anilines is 2. The van der Waals surface area contributed by atoms with E-state index in [-0.39, 0.29) is 11.8 Å². The van der Waals surface area contributed by atoms with Crippen molar-refractivity contribution in [3.8, 4) is 11.5 Å². The van der Waals surface area contributed by atoms with Gasteiger partial charge in [-0.2, -0.15) is 0 Å². The number of nitrogens with zero attached hydrogens (tertiary/aromatic N) is 2. The summed E-state index contributed by atoms with van der Waals surface area (Å²) in [5.74, 6) is 2.44. The smallest absolute Gasteiger partial charge is 0.228 e. The van der Waals surface area contributed by atoms with Gasteiger partial charge < -0.3 is 20.1 Å². The highest BCUT2D eigenvalue weighted by atomic mass is 16.5. The lowest BCUT2D eigenvalue weighted by Gasteiger charge is -2.09. The van der Waals surface area contributed by atoms with Gasteiger partial charge in [-0.05, 0) is 36.4 Å². The van der Waals surface area contributed by atoms with Gasteiger partial charge in [-0.15, -0.1) is 10.2 Å². The number of ether oxygens (including phenoxy) is 2. The van der Waals surface area contributed by atoms with Crippen molar-refractivity contribution in [3.05, 3.63) is 36.4 Å². The van der Waals surface area contributed by atoms with E-state index in [0.29, 0.717) is 24.8 Å². The third-order valence-corrected chi connectivity index (χ3v) is 3.18. The normalized spacial score (nSPS) is 10.3. The number of methoxy groups -OCH3 is 1. The molecule has 0 unspecified atom stereocenters. The van der Waals surface area contributed by atoms with Crippen LogP contribution in [0.2, 0.25) is 0 Å². The van der Waals surface area contributed by atoms with Crippen molar-refractivity contribution in [2.75, 3.05) is 30.9 Å². The third-order valence-electron chi connectivity index (χ3n) is 3.18. The summed E-state index contributed by atoms with van der Waals surface area (Å²) < 4.78 is 10.7. The molecule has 0 radical (unpaired) electrons.